The monoisotopic (exact) mass is 346 g/mol. The highest BCUT2D eigenvalue weighted by atomic mass is 16.5. The molecule has 2 aromatic rings. The summed E-state index contributed by atoms with van der Waals surface area (Å²) in [6, 6.07) is 0.198. The van der Waals surface area contributed by atoms with E-state index in [9.17, 15) is 0 Å². The van der Waals surface area contributed by atoms with Crippen LogP contribution in [0.5, 0.6) is 0 Å². The van der Waals surface area contributed by atoms with Crippen LogP contribution < -0.4 is 5.32 Å². The molecule has 1 N–H and O–H groups in total. The maximum Gasteiger partial charge on any atom is 0.227 e. The van der Waals surface area contributed by atoms with Gasteiger partial charge >= 0.3 is 0 Å². The fourth-order valence-corrected chi connectivity index (χ4v) is 3.45. The Kier molecular flexibility index (Phi) is 5.54. The molecule has 138 valence electrons. The number of hydrogen-bond donors (Lipinski definition) is 1. The van der Waals surface area contributed by atoms with Crippen LogP contribution in [0.1, 0.15) is 48.6 Å². The van der Waals surface area contributed by atoms with E-state index in [0.29, 0.717) is 11.8 Å². The molecule has 1 saturated heterocycles. The van der Waals surface area contributed by atoms with Crippen molar-refractivity contribution in [1.29, 1.82) is 0 Å². The predicted molar refractivity (Wildman–Crippen MR) is 96.5 cm³/mol. The first-order chi connectivity index (χ1) is 12.0. The number of piperazine rings is 1. The summed E-state index contributed by atoms with van der Waals surface area (Å²) < 4.78 is 7.62. The Hall–Kier alpha value is -1.73. The highest BCUT2D eigenvalue weighted by Gasteiger charge is 2.25. The van der Waals surface area contributed by atoms with Crippen molar-refractivity contribution in [2.75, 3.05) is 26.7 Å². The summed E-state index contributed by atoms with van der Waals surface area (Å²) in [4.78, 5) is 6.90. The SMILES string of the molecule is Cc1nn(CC(C)C)c(C)c1CCc1nc(C2CNCCN2C)no1. The molecular weight excluding hydrogens is 316 g/mol. The summed E-state index contributed by atoms with van der Waals surface area (Å²) in [6.07, 6.45) is 1.64. The molecule has 25 heavy (non-hydrogen) atoms. The molecule has 0 bridgehead atoms. The molecule has 0 saturated carbocycles. The Balaban J connectivity index is 1.65. The molecule has 0 aromatic carbocycles. The van der Waals surface area contributed by atoms with Crippen LogP contribution in [-0.2, 0) is 19.4 Å². The number of aryl methyl sites for hydroxylation is 2. The van der Waals surface area contributed by atoms with Crippen molar-refractivity contribution >= 4 is 0 Å². The molecule has 0 radical (unpaired) electrons. The van der Waals surface area contributed by atoms with E-state index >= 15 is 0 Å². The highest BCUT2D eigenvalue weighted by molar-refractivity contribution is 5.25. The number of likely N-dealkylation sites (N-methyl/N-ethyl adjacent to an activating group) is 1. The standard InChI is InChI=1S/C18H30N6O/c1-12(2)11-24-14(4)15(13(3)21-24)6-7-17-20-18(22-25-17)16-10-19-8-9-23(16)5/h12,16,19H,6-11H2,1-5H3. The summed E-state index contributed by atoms with van der Waals surface area (Å²) in [5.74, 6) is 2.09. The van der Waals surface area contributed by atoms with Gasteiger partial charge in [-0.25, -0.2) is 0 Å². The van der Waals surface area contributed by atoms with Gasteiger partial charge in [-0.2, -0.15) is 10.1 Å². The second-order valence-corrected chi connectivity index (χ2v) is 7.47. The average molecular weight is 346 g/mol. The average Bonchev–Trinajstić information content (AvgIpc) is 3.12. The zero-order valence-corrected chi connectivity index (χ0v) is 16.0. The minimum absolute atomic E-state index is 0.198. The third kappa shape index (κ3) is 4.10. The molecule has 2 aromatic heterocycles. The fourth-order valence-electron chi connectivity index (χ4n) is 3.45. The molecular formula is C18H30N6O. The largest absolute Gasteiger partial charge is 0.339 e. The van der Waals surface area contributed by atoms with Gasteiger partial charge in [0.25, 0.3) is 0 Å². The lowest BCUT2D eigenvalue weighted by atomic mass is 10.1. The molecule has 3 heterocycles. The van der Waals surface area contributed by atoms with Crippen LogP contribution in [0.25, 0.3) is 0 Å². The van der Waals surface area contributed by atoms with E-state index in [1.807, 2.05) is 0 Å². The molecule has 1 atom stereocenters. The van der Waals surface area contributed by atoms with Gasteiger partial charge in [-0.15, -0.1) is 0 Å². The van der Waals surface area contributed by atoms with E-state index in [4.69, 9.17) is 4.52 Å². The topological polar surface area (TPSA) is 72.0 Å². The minimum Gasteiger partial charge on any atom is -0.339 e. The Morgan fingerprint density at radius 2 is 2.08 bits per heavy atom. The Labute approximate surface area is 149 Å². The van der Waals surface area contributed by atoms with Gasteiger partial charge < -0.3 is 9.84 Å². The molecule has 1 fully saturated rings. The van der Waals surface area contributed by atoms with Crippen molar-refractivity contribution in [3.05, 3.63) is 28.7 Å². The van der Waals surface area contributed by atoms with Gasteiger partial charge in [0, 0.05) is 38.3 Å². The van der Waals surface area contributed by atoms with Crippen LogP contribution in [0.15, 0.2) is 4.52 Å². The van der Waals surface area contributed by atoms with Crippen LogP contribution in [0.2, 0.25) is 0 Å². The van der Waals surface area contributed by atoms with Crippen molar-refractivity contribution in [2.45, 2.75) is 53.1 Å². The fraction of sp³-hybridized carbons (Fsp3) is 0.722. The lowest BCUT2D eigenvalue weighted by molar-refractivity contribution is 0.190. The molecule has 3 rings (SSSR count). The molecule has 7 heteroatoms. The highest BCUT2D eigenvalue weighted by Crippen LogP contribution is 2.20. The maximum atomic E-state index is 5.50. The quantitative estimate of drug-likeness (QED) is 0.861. The van der Waals surface area contributed by atoms with E-state index in [2.05, 4.69) is 64.9 Å². The van der Waals surface area contributed by atoms with Crippen molar-refractivity contribution in [3.8, 4) is 0 Å². The zero-order valence-electron chi connectivity index (χ0n) is 16.0. The lowest BCUT2D eigenvalue weighted by Gasteiger charge is -2.30. The smallest absolute Gasteiger partial charge is 0.227 e. The maximum absolute atomic E-state index is 5.50. The first kappa shape index (κ1) is 18.1. The van der Waals surface area contributed by atoms with Crippen molar-refractivity contribution in [2.24, 2.45) is 5.92 Å². The van der Waals surface area contributed by atoms with E-state index in [0.717, 1.165) is 50.5 Å². The van der Waals surface area contributed by atoms with Crippen LogP contribution >= 0.6 is 0 Å². The number of rotatable bonds is 6. The van der Waals surface area contributed by atoms with Gasteiger partial charge in [0.05, 0.1) is 11.7 Å². The first-order valence-corrected chi connectivity index (χ1v) is 9.22. The number of nitrogens with zero attached hydrogens (tertiary/aromatic N) is 5. The van der Waals surface area contributed by atoms with Gasteiger partial charge in [-0.05, 0) is 38.8 Å². The number of nitrogens with one attached hydrogen (secondary N) is 1. The van der Waals surface area contributed by atoms with Crippen molar-refractivity contribution < 1.29 is 4.52 Å². The predicted octanol–water partition coefficient (Wildman–Crippen LogP) is 1.90. The summed E-state index contributed by atoms with van der Waals surface area (Å²) in [5, 5.41) is 12.3. The molecule has 0 aliphatic carbocycles. The van der Waals surface area contributed by atoms with E-state index in [1.54, 1.807) is 0 Å². The molecule has 7 nitrogen and oxygen atoms in total. The van der Waals surface area contributed by atoms with Crippen LogP contribution in [0.3, 0.4) is 0 Å². The number of aromatic nitrogens is 4. The molecule has 1 aliphatic heterocycles. The Morgan fingerprint density at radius 1 is 1.28 bits per heavy atom. The summed E-state index contributed by atoms with van der Waals surface area (Å²) >= 11 is 0. The first-order valence-electron chi connectivity index (χ1n) is 9.22. The zero-order chi connectivity index (χ0) is 18.0. The lowest BCUT2D eigenvalue weighted by Crippen LogP contribution is -2.44. The molecule has 1 unspecified atom stereocenters. The van der Waals surface area contributed by atoms with Gasteiger partial charge in [0.2, 0.25) is 5.89 Å². The molecule has 0 amide bonds. The van der Waals surface area contributed by atoms with Crippen molar-refractivity contribution in [1.82, 2.24) is 30.1 Å². The van der Waals surface area contributed by atoms with Gasteiger partial charge in [0.15, 0.2) is 5.82 Å². The second-order valence-electron chi connectivity index (χ2n) is 7.47. The minimum atomic E-state index is 0.198. The van der Waals surface area contributed by atoms with Crippen molar-refractivity contribution in [3.63, 3.8) is 0 Å². The normalized spacial score (nSPS) is 19.0. The van der Waals surface area contributed by atoms with Crippen LogP contribution in [0.4, 0.5) is 0 Å². The molecule has 1 aliphatic rings. The number of hydrogen-bond acceptors (Lipinski definition) is 6. The van der Waals surface area contributed by atoms with E-state index in [-0.39, 0.29) is 6.04 Å². The Bertz CT molecular complexity index is 704. The van der Waals surface area contributed by atoms with Gasteiger partial charge in [0.1, 0.15) is 0 Å². The van der Waals surface area contributed by atoms with E-state index in [1.165, 1.54) is 11.3 Å². The van der Waals surface area contributed by atoms with Gasteiger partial charge in [-0.1, -0.05) is 19.0 Å². The van der Waals surface area contributed by atoms with Gasteiger partial charge in [-0.3, -0.25) is 9.58 Å². The Morgan fingerprint density at radius 3 is 2.80 bits per heavy atom. The summed E-state index contributed by atoms with van der Waals surface area (Å²) in [6.45, 7) is 12.5. The second kappa shape index (κ2) is 7.66. The third-order valence-electron chi connectivity index (χ3n) is 4.95. The van der Waals surface area contributed by atoms with E-state index < -0.39 is 0 Å². The summed E-state index contributed by atoms with van der Waals surface area (Å²) in [5.41, 5.74) is 3.66. The molecule has 0 spiro atoms. The van der Waals surface area contributed by atoms with Crippen LogP contribution in [-0.4, -0.2) is 51.5 Å². The summed E-state index contributed by atoms with van der Waals surface area (Å²) in [7, 11) is 2.11. The third-order valence-corrected chi connectivity index (χ3v) is 4.95. The van der Waals surface area contributed by atoms with Crippen LogP contribution in [0, 0.1) is 19.8 Å².